The lowest BCUT2D eigenvalue weighted by Gasteiger charge is -2.37. The summed E-state index contributed by atoms with van der Waals surface area (Å²) in [5, 5.41) is -0.102. The maximum atomic E-state index is 13.5. The van der Waals surface area contributed by atoms with Crippen molar-refractivity contribution in [2.75, 3.05) is 13.2 Å². The molecule has 5 heteroatoms. The molecule has 1 saturated heterocycles. The fourth-order valence-corrected chi connectivity index (χ4v) is 2.80. The van der Waals surface area contributed by atoms with E-state index in [9.17, 15) is 9.18 Å². The number of amides is 1. The number of hydrogen-bond acceptors (Lipinski definition) is 2. The largest absolute Gasteiger partial charge is 0.381 e. The Bertz CT molecular complexity index is 487. The smallest absolute Gasteiger partial charge is 0.255 e. The Morgan fingerprint density at radius 2 is 2.05 bits per heavy atom. The van der Waals surface area contributed by atoms with Crippen LogP contribution in [0.15, 0.2) is 18.2 Å². The molecule has 20 heavy (non-hydrogen) atoms. The lowest BCUT2D eigenvalue weighted by Crippen LogP contribution is -2.47. The van der Waals surface area contributed by atoms with Gasteiger partial charge >= 0.3 is 0 Å². The zero-order valence-electron chi connectivity index (χ0n) is 11.7. The molecule has 0 aliphatic carbocycles. The molecule has 1 aliphatic rings. The van der Waals surface area contributed by atoms with Crippen molar-refractivity contribution in [1.29, 1.82) is 0 Å². The molecule has 1 fully saturated rings. The molecule has 2 rings (SSSR count). The predicted octanol–water partition coefficient (Wildman–Crippen LogP) is 3.51. The first-order valence-corrected chi connectivity index (χ1v) is 7.24. The van der Waals surface area contributed by atoms with E-state index in [0.29, 0.717) is 13.2 Å². The number of hydrogen-bond donors (Lipinski definition) is 0. The summed E-state index contributed by atoms with van der Waals surface area (Å²) in [6.45, 7) is 5.22. The molecule has 3 nitrogen and oxygen atoms in total. The summed E-state index contributed by atoms with van der Waals surface area (Å²) in [6.07, 6.45) is 1.60. The van der Waals surface area contributed by atoms with E-state index in [0.717, 1.165) is 12.8 Å². The Labute approximate surface area is 123 Å². The number of benzene rings is 1. The number of nitrogens with zero attached hydrogens (tertiary/aromatic N) is 1. The van der Waals surface area contributed by atoms with E-state index in [4.69, 9.17) is 16.3 Å². The van der Waals surface area contributed by atoms with Gasteiger partial charge in [-0.25, -0.2) is 4.39 Å². The van der Waals surface area contributed by atoms with Gasteiger partial charge in [0.2, 0.25) is 0 Å². The van der Waals surface area contributed by atoms with Crippen LogP contribution < -0.4 is 0 Å². The second-order valence-electron chi connectivity index (χ2n) is 5.25. The van der Waals surface area contributed by atoms with E-state index < -0.39 is 5.82 Å². The van der Waals surface area contributed by atoms with Crippen LogP contribution in [0.5, 0.6) is 0 Å². The first-order chi connectivity index (χ1) is 9.52. The Morgan fingerprint density at radius 1 is 1.40 bits per heavy atom. The summed E-state index contributed by atoms with van der Waals surface area (Å²) in [6, 6.07) is 4.49. The molecule has 1 aromatic rings. The highest BCUT2D eigenvalue weighted by Gasteiger charge is 2.30. The highest BCUT2D eigenvalue weighted by molar-refractivity contribution is 6.34. The second kappa shape index (κ2) is 6.55. The molecule has 0 unspecified atom stereocenters. The number of carbonyl (C=O) groups excluding carboxylic acids is 1. The van der Waals surface area contributed by atoms with E-state index in [1.807, 2.05) is 13.8 Å². The number of carbonyl (C=O) groups is 1. The summed E-state index contributed by atoms with van der Waals surface area (Å²) in [4.78, 5) is 14.5. The van der Waals surface area contributed by atoms with Crippen LogP contribution in [0, 0.1) is 5.82 Å². The van der Waals surface area contributed by atoms with Gasteiger partial charge in [-0.2, -0.15) is 0 Å². The average Bonchev–Trinajstić information content (AvgIpc) is 2.42. The normalized spacial score (nSPS) is 16.4. The molecule has 0 spiro atoms. The van der Waals surface area contributed by atoms with Crippen molar-refractivity contribution in [2.24, 2.45) is 0 Å². The van der Waals surface area contributed by atoms with Gasteiger partial charge < -0.3 is 9.64 Å². The van der Waals surface area contributed by atoms with Gasteiger partial charge in [0.25, 0.3) is 5.91 Å². The lowest BCUT2D eigenvalue weighted by atomic mass is 10.0. The molecule has 0 bridgehead atoms. The van der Waals surface area contributed by atoms with Crippen LogP contribution in [0.2, 0.25) is 5.02 Å². The second-order valence-corrected chi connectivity index (χ2v) is 5.63. The minimum absolute atomic E-state index is 0.0323. The van der Waals surface area contributed by atoms with Crippen molar-refractivity contribution in [3.63, 3.8) is 0 Å². The Balaban J connectivity index is 2.29. The van der Waals surface area contributed by atoms with Crippen molar-refractivity contribution in [3.8, 4) is 0 Å². The standard InChI is InChI=1S/C15H19ClFNO2/c1-10(2)18(11-6-8-20-9-7-11)15(19)12-4-3-5-13(17)14(12)16/h3-5,10-11H,6-9H2,1-2H3. The molecule has 0 aromatic heterocycles. The Kier molecular flexibility index (Phi) is 5.00. The first-order valence-electron chi connectivity index (χ1n) is 6.86. The highest BCUT2D eigenvalue weighted by atomic mass is 35.5. The molecule has 1 aromatic carbocycles. The molecule has 1 aliphatic heterocycles. The number of rotatable bonds is 3. The first kappa shape index (κ1) is 15.3. The molecular formula is C15H19ClFNO2. The van der Waals surface area contributed by atoms with Crippen molar-refractivity contribution in [1.82, 2.24) is 4.90 Å². The Hall–Kier alpha value is -1.13. The molecular weight excluding hydrogens is 281 g/mol. The van der Waals surface area contributed by atoms with Crippen LogP contribution in [0.1, 0.15) is 37.0 Å². The van der Waals surface area contributed by atoms with Gasteiger partial charge in [-0.1, -0.05) is 17.7 Å². The SMILES string of the molecule is CC(C)N(C(=O)c1cccc(F)c1Cl)C1CCOCC1. The van der Waals surface area contributed by atoms with Crippen molar-refractivity contribution in [3.05, 3.63) is 34.6 Å². The van der Waals surface area contributed by atoms with Crippen LogP contribution in [-0.4, -0.2) is 36.1 Å². The van der Waals surface area contributed by atoms with Crippen LogP contribution >= 0.6 is 11.6 Å². The third-order valence-electron chi connectivity index (χ3n) is 3.56. The number of halogens is 2. The molecule has 0 atom stereocenters. The summed E-state index contributed by atoms with van der Waals surface area (Å²) in [7, 11) is 0. The molecule has 0 radical (unpaired) electrons. The van der Waals surface area contributed by atoms with E-state index >= 15 is 0 Å². The van der Waals surface area contributed by atoms with Gasteiger partial charge in [-0.15, -0.1) is 0 Å². The van der Waals surface area contributed by atoms with Crippen LogP contribution in [0.3, 0.4) is 0 Å². The van der Waals surface area contributed by atoms with Gasteiger partial charge in [0.1, 0.15) is 5.82 Å². The van der Waals surface area contributed by atoms with E-state index in [2.05, 4.69) is 0 Å². The zero-order valence-corrected chi connectivity index (χ0v) is 12.5. The fraction of sp³-hybridized carbons (Fsp3) is 0.533. The summed E-state index contributed by atoms with van der Waals surface area (Å²) in [5.74, 6) is -0.774. The van der Waals surface area contributed by atoms with Gasteiger partial charge in [0.05, 0.1) is 10.6 Å². The van der Waals surface area contributed by atoms with Gasteiger partial charge in [0, 0.05) is 25.3 Å². The Morgan fingerprint density at radius 3 is 2.65 bits per heavy atom. The fourth-order valence-electron chi connectivity index (χ4n) is 2.59. The molecule has 110 valence electrons. The molecule has 0 N–H and O–H groups in total. The highest BCUT2D eigenvalue weighted by Crippen LogP contribution is 2.25. The van der Waals surface area contributed by atoms with Gasteiger partial charge in [0.15, 0.2) is 0 Å². The van der Waals surface area contributed by atoms with E-state index in [1.54, 1.807) is 11.0 Å². The number of ether oxygens (including phenoxy) is 1. The minimum Gasteiger partial charge on any atom is -0.381 e. The third kappa shape index (κ3) is 3.13. The predicted molar refractivity (Wildman–Crippen MR) is 76.6 cm³/mol. The quantitative estimate of drug-likeness (QED) is 0.855. The van der Waals surface area contributed by atoms with Crippen molar-refractivity contribution in [2.45, 2.75) is 38.8 Å². The topological polar surface area (TPSA) is 29.5 Å². The summed E-state index contributed by atoms with van der Waals surface area (Å²) >= 11 is 5.93. The summed E-state index contributed by atoms with van der Waals surface area (Å²) < 4.78 is 18.9. The van der Waals surface area contributed by atoms with Crippen LogP contribution in [-0.2, 0) is 4.74 Å². The van der Waals surface area contributed by atoms with Gasteiger partial charge in [-0.3, -0.25) is 4.79 Å². The van der Waals surface area contributed by atoms with E-state index in [-0.39, 0.29) is 28.6 Å². The molecule has 1 amide bonds. The van der Waals surface area contributed by atoms with Crippen LogP contribution in [0.4, 0.5) is 4.39 Å². The average molecular weight is 300 g/mol. The maximum Gasteiger partial charge on any atom is 0.255 e. The van der Waals surface area contributed by atoms with Crippen LogP contribution in [0.25, 0.3) is 0 Å². The summed E-state index contributed by atoms with van der Waals surface area (Å²) in [5.41, 5.74) is 0.229. The maximum absolute atomic E-state index is 13.5. The lowest BCUT2D eigenvalue weighted by molar-refractivity contribution is 0.0206. The van der Waals surface area contributed by atoms with Crippen molar-refractivity contribution >= 4 is 17.5 Å². The molecule has 0 saturated carbocycles. The van der Waals surface area contributed by atoms with Gasteiger partial charge in [-0.05, 0) is 38.8 Å². The van der Waals surface area contributed by atoms with E-state index in [1.165, 1.54) is 12.1 Å². The van der Waals surface area contributed by atoms with Crippen molar-refractivity contribution < 1.29 is 13.9 Å². The zero-order chi connectivity index (χ0) is 14.7. The minimum atomic E-state index is -0.562. The monoisotopic (exact) mass is 299 g/mol. The third-order valence-corrected chi connectivity index (χ3v) is 3.94. The molecule has 1 heterocycles.